The molecule has 1 amide bonds. The van der Waals surface area contributed by atoms with Gasteiger partial charge in [0.25, 0.3) is 0 Å². The number of aromatic nitrogens is 1. The van der Waals surface area contributed by atoms with Gasteiger partial charge in [-0.15, -0.1) is 0 Å². The van der Waals surface area contributed by atoms with Gasteiger partial charge in [0.05, 0.1) is 0 Å². The molecule has 1 aromatic heterocycles. The van der Waals surface area contributed by atoms with E-state index in [0.29, 0.717) is 18.1 Å². The lowest BCUT2D eigenvalue weighted by Crippen LogP contribution is -2.12. The van der Waals surface area contributed by atoms with Crippen LogP contribution >= 0.6 is 0 Å². The van der Waals surface area contributed by atoms with E-state index in [4.69, 9.17) is 5.73 Å². The van der Waals surface area contributed by atoms with Gasteiger partial charge in [0.15, 0.2) is 0 Å². The fourth-order valence-corrected chi connectivity index (χ4v) is 2.15. The zero-order valence-electron chi connectivity index (χ0n) is 12.5. The van der Waals surface area contributed by atoms with Gasteiger partial charge < -0.3 is 11.1 Å². The second-order valence-electron chi connectivity index (χ2n) is 5.22. The van der Waals surface area contributed by atoms with E-state index < -0.39 is 0 Å². The maximum absolute atomic E-state index is 11.7. The lowest BCUT2D eigenvalue weighted by molar-refractivity contribution is -0.116. The first-order chi connectivity index (χ1) is 9.72. The number of carbonyl (C=O) groups excluding carboxylic acids is 1. The second kappa shape index (κ2) is 10.2. The Bertz CT molecular complexity index is 393. The lowest BCUT2D eigenvalue weighted by atomic mass is 10.1. The van der Waals surface area contributed by atoms with Crippen molar-refractivity contribution in [1.82, 2.24) is 4.98 Å². The highest BCUT2D eigenvalue weighted by atomic mass is 16.1. The molecular formula is C16H27N3O. The molecule has 0 unspecified atom stereocenters. The number of nitrogens with one attached hydrogen (secondary N) is 1. The van der Waals surface area contributed by atoms with E-state index in [9.17, 15) is 4.79 Å². The molecule has 0 aliphatic rings. The molecule has 4 heteroatoms. The molecule has 0 radical (unpaired) electrons. The zero-order chi connectivity index (χ0) is 14.6. The van der Waals surface area contributed by atoms with Gasteiger partial charge in [0.2, 0.25) is 5.91 Å². The standard InChI is InChI=1S/C16H27N3O/c1-2-3-4-5-6-7-8-9-13-16(20)19-15-12-10-11-14(17)18-15/h10-12H,2-9,13H2,1H3,(H3,17,18,19,20). The van der Waals surface area contributed by atoms with E-state index in [2.05, 4.69) is 17.2 Å². The third-order valence-electron chi connectivity index (χ3n) is 3.30. The van der Waals surface area contributed by atoms with Gasteiger partial charge in [0.1, 0.15) is 11.6 Å². The summed E-state index contributed by atoms with van der Waals surface area (Å²) in [5, 5.41) is 2.77. The molecule has 4 nitrogen and oxygen atoms in total. The summed E-state index contributed by atoms with van der Waals surface area (Å²) in [7, 11) is 0. The molecule has 0 aliphatic carbocycles. The summed E-state index contributed by atoms with van der Waals surface area (Å²) in [6.07, 6.45) is 10.5. The highest BCUT2D eigenvalue weighted by molar-refractivity contribution is 5.89. The van der Waals surface area contributed by atoms with Crippen molar-refractivity contribution in [3.05, 3.63) is 18.2 Å². The summed E-state index contributed by atoms with van der Waals surface area (Å²) in [5.74, 6) is 0.985. The first-order valence-corrected chi connectivity index (χ1v) is 7.74. The van der Waals surface area contributed by atoms with Crippen LogP contribution in [0, 0.1) is 0 Å². The smallest absolute Gasteiger partial charge is 0.225 e. The van der Waals surface area contributed by atoms with Crippen molar-refractivity contribution in [2.45, 2.75) is 64.7 Å². The average Bonchev–Trinajstić information content (AvgIpc) is 2.42. The molecule has 0 saturated heterocycles. The van der Waals surface area contributed by atoms with Crippen LogP contribution in [0.2, 0.25) is 0 Å². The minimum atomic E-state index is 0.0223. The molecule has 0 bridgehead atoms. The molecule has 20 heavy (non-hydrogen) atoms. The van der Waals surface area contributed by atoms with Gasteiger partial charge >= 0.3 is 0 Å². The molecule has 1 heterocycles. The topological polar surface area (TPSA) is 68.0 Å². The first-order valence-electron chi connectivity index (χ1n) is 7.74. The first kappa shape index (κ1) is 16.5. The van der Waals surface area contributed by atoms with Gasteiger partial charge in [0, 0.05) is 6.42 Å². The maximum Gasteiger partial charge on any atom is 0.225 e. The predicted molar refractivity (Wildman–Crippen MR) is 84.5 cm³/mol. The minimum absolute atomic E-state index is 0.0223. The van der Waals surface area contributed by atoms with Crippen molar-refractivity contribution in [1.29, 1.82) is 0 Å². The summed E-state index contributed by atoms with van der Waals surface area (Å²) < 4.78 is 0. The number of rotatable bonds is 10. The molecule has 1 aromatic rings. The van der Waals surface area contributed by atoms with Gasteiger partial charge in [-0.3, -0.25) is 4.79 Å². The maximum atomic E-state index is 11.7. The van der Waals surface area contributed by atoms with E-state index >= 15 is 0 Å². The minimum Gasteiger partial charge on any atom is -0.384 e. The van der Waals surface area contributed by atoms with Crippen molar-refractivity contribution in [2.75, 3.05) is 11.1 Å². The molecule has 0 saturated carbocycles. The van der Waals surface area contributed by atoms with Crippen LogP contribution in [-0.2, 0) is 4.79 Å². The number of amides is 1. The average molecular weight is 277 g/mol. The molecule has 1 rings (SSSR count). The lowest BCUT2D eigenvalue weighted by Gasteiger charge is -2.05. The third kappa shape index (κ3) is 7.77. The van der Waals surface area contributed by atoms with E-state index in [0.717, 1.165) is 12.8 Å². The number of nitrogen functional groups attached to an aromatic ring is 1. The molecule has 112 valence electrons. The Morgan fingerprint density at radius 3 is 2.40 bits per heavy atom. The number of carbonyl (C=O) groups is 1. The number of unbranched alkanes of at least 4 members (excludes halogenated alkanes) is 7. The van der Waals surface area contributed by atoms with Crippen LogP contribution in [0.1, 0.15) is 64.7 Å². The van der Waals surface area contributed by atoms with Crippen LogP contribution in [0.25, 0.3) is 0 Å². The molecule has 0 aromatic carbocycles. The Balaban J connectivity index is 2.03. The van der Waals surface area contributed by atoms with Gasteiger partial charge in [-0.2, -0.15) is 0 Å². The summed E-state index contributed by atoms with van der Waals surface area (Å²) >= 11 is 0. The Morgan fingerprint density at radius 2 is 1.75 bits per heavy atom. The van der Waals surface area contributed by atoms with Gasteiger partial charge in [-0.05, 0) is 18.6 Å². The highest BCUT2D eigenvalue weighted by Gasteiger charge is 2.03. The molecule has 3 N–H and O–H groups in total. The van der Waals surface area contributed by atoms with Crippen LogP contribution in [-0.4, -0.2) is 10.9 Å². The monoisotopic (exact) mass is 277 g/mol. The number of nitrogens with two attached hydrogens (primary N) is 1. The Kier molecular flexibility index (Phi) is 8.43. The number of hydrogen-bond acceptors (Lipinski definition) is 3. The van der Waals surface area contributed by atoms with Crippen molar-refractivity contribution in [3.8, 4) is 0 Å². The Labute approximate surface area is 122 Å². The zero-order valence-corrected chi connectivity index (χ0v) is 12.5. The van der Waals surface area contributed by atoms with Crippen LogP contribution in [0.3, 0.4) is 0 Å². The number of nitrogens with zero attached hydrogens (tertiary/aromatic N) is 1. The van der Waals surface area contributed by atoms with Crippen LogP contribution in [0.5, 0.6) is 0 Å². The van der Waals surface area contributed by atoms with Crippen molar-refractivity contribution >= 4 is 17.5 Å². The summed E-state index contributed by atoms with van der Waals surface area (Å²) in [6.45, 7) is 2.23. The molecule has 0 atom stereocenters. The van der Waals surface area contributed by atoms with Crippen molar-refractivity contribution in [3.63, 3.8) is 0 Å². The van der Waals surface area contributed by atoms with Crippen molar-refractivity contribution in [2.24, 2.45) is 0 Å². The van der Waals surface area contributed by atoms with Gasteiger partial charge in [-0.25, -0.2) is 4.98 Å². The van der Waals surface area contributed by atoms with E-state index in [1.54, 1.807) is 18.2 Å². The number of hydrogen-bond donors (Lipinski definition) is 2. The summed E-state index contributed by atoms with van der Waals surface area (Å²) in [6, 6.07) is 5.24. The van der Waals surface area contributed by atoms with Crippen LogP contribution in [0.15, 0.2) is 18.2 Å². The normalized spacial score (nSPS) is 10.4. The van der Waals surface area contributed by atoms with Crippen LogP contribution in [0.4, 0.5) is 11.6 Å². The Morgan fingerprint density at radius 1 is 1.10 bits per heavy atom. The van der Waals surface area contributed by atoms with E-state index in [1.807, 2.05) is 0 Å². The largest absolute Gasteiger partial charge is 0.384 e. The van der Waals surface area contributed by atoms with E-state index in [-0.39, 0.29) is 5.91 Å². The summed E-state index contributed by atoms with van der Waals surface area (Å²) in [4.78, 5) is 15.8. The summed E-state index contributed by atoms with van der Waals surface area (Å²) in [5.41, 5.74) is 5.56. The number of anilines is 2. The molecule has 0 spiro atoms. The Hall–Kier alpha value is -1.58. The van der Waals surface area contributed by atoms with E-state index in [1.165, 1.54) is 38.5 Å². The fourth-order valence-electron chi connectivity index (χ4n) is 2.15. The predicted octanol–water partition coefficient (Wildman–Crippen LogP) is 4.13. The van der Waals surface area contributed by atoms with Gasteiger partial charge in [-0.1, -0.05) is 57.9 Å². The molecule has 0 fully saturated rings. The number of pyridine rings is 1. The quantitative estimate of drug-likeness (QED) is 0.632. The molecule has 0 aliphatic heterocycles. The van der Waals surface area contributed by atoms with Crippen LogP contribution < -0.4 is 11.1 Å². The third-order valence-corrected chi connectivity index (χ3v) is 3.30. The molecular weight excluding hydrogens is 250 g/mol. The van der Waals surface area contributed by atoms with Crippen molar-refractivity contribution < 1.29 is 4.79 Å². The highest BCUT2D eigenvalue weighted by Crippen LogP contribution is 2.11. The SMILES string of the molecule is CCCCCCCCCCC(=O)Nc1cccc(N)n1. The fraction of sp³-hybridized carbons (Fsp3) is 0.625. The second-order valence-corrected chi connectivity index (χ2v) is 5.22.